The van der Waals surface area contributed by atoms with Crippen LogP contribution in [0.3, 0.4) is 0 Å². The Bertz CT molecular complexity index is 440. The molecule has 0 fully saturated rings. The molecule has 2 rings (SSSR count). The minimum absolute atomic E-state index is 0.752. The van der Waals surface area contributed by atoms with Crippen molar-refractivity contribution < 1.29 is 9.15 Å². The van der Waals surface area contributed by atoms with Crippen LogP contribution in [0.15, 0.2) is 28.1 Å². The summed E-state index contributed by atoms with van der Waals surface area (Å²) in [6.45, 7) is 2.60. The molecule has 0 amide bonds. The van der Waals surface area contributed by atoms with Crippen LogP contribution in [-0.4, -0.2) is 31.8 Å². The first-order valence-corrected chi connectivity index (χ1v) is 6.96. The predicted octanol–water partition coefficient (Wildman–Crippen LogP) is 2.57. The number of aryl methyl sites for hydroxylation is 1. The zero-order chi connectivity index (χ0) is 12.6. The number of methoxy groups -OCH3 is 1. The minimum atomic E-state index is 0.752. The molecule has 1 N–H and O–H groups in total. The van der Waals surface area contributed by atoms with Crippen molar-refractivity contribution >= 4 is 11.3 Å². The molecule has 0 bridgehead atoms. The second kappa shape index (κ2) is 7.31. The van der Waals surface area contributed by atoms with Gasteiger partial charge in [-0.15, -0.1) is 11.3 Å². The first kappa shape index (κ1) is 13.3. The fraction of sp³-hybridized carbons (Fsp3) is 0.462. The average molecular weight is 266 g/mol. The van der Waals surface area contributed by atoms with Gasteiger partial charge in [-0.1, -0.05) is 6.07 Å². The van der Waals surface area contributed by atoms with E-state index in [4.69, 9.17) is 9.15 Å². The van der Waals surface area contributed by atoms with E-state index in [1.165, 1.54) is 0 Å². The lowest BCUT2D eigenvalue weighted by molar-refractivity contribution is 0.199. The topological polar surface area (TPSA) is 47.3 Å². The Morgan fingerprint density at radius 1 is 1.44 bits per heavy atom. The Balaban J connectivity index is 1.71. The number of aromatic nitrogens is 1. The van der Waals surface area contributed by atoms with Crippen LogP contribution in [0.4, 0.5) is 0 Å². The summed E-state index contributed by atoms with van der Waals surface area (Å²) in [6.07, 6.45) is 3.69. The molecule has 0 unspecified atom stereocenters. The van der Waals surface area contributed by atoms with E-state index in [1.807, 2.05) is 17.5 Å². The highest BCUT2D eigenvalue weighted by Crippen LogP contribution is 2.25. The number of ether oxygens (including phenoxy) is 1. The number of thiophene rings is 1. The highest BCUT2D eigenvalue weighted by Gasteiger charge is 2.06. The van der Waals surface area contributed by atoms with E-state index < -0.39 is 0 Å². The molecular weight excluding hydrogens is 248 g/mol. The van der Waals surface area contributed by atoms with E-state index in [-0.39, 0.29) is 0 Å². The molecule has 2 aromatic rings. The van der Waals surface area contributed by atoms with Crippen molar-refractivity contribution in [3.8, 4) is 10.6 Å². The highest BCUT2D eigenvalue weighted by molar-refractivity contribution is 7.13. The molecular formula is C13H18N2O2S. The molecule has 98 valence electrons. The lowest BCUT2D eigenvalue weighted by Gasteiger charge is -2.01. The Hall–Kier alpha value is -1.17. The van der Waals surface area contributed by atoms with E-state index in [2.05, 4.69) is 10.3 Å². The summed E-state index contributed by atoms with van der Waals surface area (Å²) >= 11 is 1.67. The summed E-state index contributed by atoms with van der Waals surface area (Å²) in [5.74, 6) is 1.68. The van der Waals surface area contributed by atoms with Crippen LogP contribution in [0, 0.1) is 0 Å². The summed E-state index contributed by atoms with van der Waals surface area (Å²) in [7, 11) is 1.71. The van der Waals surface area contributed by atoms with Crippen molar-refractivity contribution in [2.75, 3.05) is 26.8 Å². The summed E-state index contributed by atoms with van der Waals surface area (Å²) in [5.41, 5.74) is 0. The Morgan fingerprint density at radius 2 is 2.39 bits per heavy atom. The minimum Gasteiger partial charge on any atom is -0.440 e. The summed E-state index contributed by atoms with van der Waals surface area (Å²) in [4.78, 5) is 5.43. The van der Waals surface area contributed by atoms with Gasteiger partial charge in [-0.2, -0.15) is 0 Å². The van der Waals surface area contributed by atoms with Crippen LogP contribution in [0.1, 0.15) is 12.3 Å². The van der Waals surface area contributed by atoms with Gasteiger partial charge in [-0.25, -0.2) is 4.98 Å². The molecule has 0 aromatic carbocycles. The number of nitrogens with zero attached hydrogens (tertiary/aromatic N) is 1. The van der Waals surface area contributed by atoms with Gasteiger partial charge in [0.05, 0.1) is 17.7 Å². The third-order valence-electron chi connectivity index (χ3n) is 2.54. The van der Waals surface area contributed by atoms with Crippen molar-refractivity contribution in [2.24, 2.45) is 0 Å². The van der Waals surface area contributed by atoms with Crippen LogP contribution in [0.5, 0.6) is 0 Å². The Labute approximate surface area is 111 Å². The summed E-state index contributed by atoms with van der Waals surface area (Å²) in [5, 5.41) is 5.34. The van der Waals surface area contributed by atoms with Gasteiger partial charge in [0.2, 0.25) is 0 Å². The maximum Gasteiger partial charge on any atom is 0.194 e. The highest BCUT2D eigenvalue weighted by atomic mass is 32.1. The second-order valence-electron chi connectivity index (χ2n) is 3.94. The molecule has 5 heteroatoms. The van der Waals surface area contributed by atoms with E-state index in [0.717, 1.165) is 49.1 Å². The molecule has 0 saturated carbocycles. The first-order valence-electron chi connectivity index (χ1n) is 6.08. The molecule has 2 aromatic heterocycles. The van der Waals surface area contributed by atoms with Crippen molar-refractivity contribution in [2.45, 2.75) is 12.8 Å². The van der Waals surface area contributed by atoms with Crippen LogP contribution < -0.4 is 5.32 Å². The van der Waals surface area contributed by atoms with Crippen molar-refractivity contribution in [1.29, 1.82) is 0 Å². The zero-order valence-corrected chi connectivity index (χ0v) is 11.3. The molecule has 0 atom stereocenters. The van der Waals surface area contributed by atoms with Crippen molar-refractivity contribution in [3.63, 3.8) is 0 Å². The fourth-order valence-corrected chi connectivity index (χ4v) is 2.29. The predicted molar refractivity (Wildman–Crippen MR) is 72.9 cm³/mol. The van der Waals surface area contributed by atoms with E-state index in [9.17, 15) is 0 Å². The largest absolute Gasteiger partial charge is 0.440 e. The van der Waals surface area contributed by atoms with Crippen LogP contribution in [0.2, 0.25) is 0 Å². The number of hydrogen-bond donors (Lipinski definition) is 1. The molecule has 2 heterocycles. The first-order chi connectivity index (χ1) is 8.90. The Kier molecular flexibility index (Phi) is 5.38. The van der Waals surface area contributed by atoms with E-state index in [0.29, 0.717) is 0 Å². The maximum absolute atomic E-state index is 5.70. The van der Waals surface area contributed by atoms with E-state index >= 15 is 0 Å². The third kappa shape index (κ3) is 3.94. The lowest BCUT2D eigenvalue weighted by atomic mass is 10.3. The van der Waals surface area contributed by atoms with Gasteiger partial charge in [-0.05, 0) is 24.4 Å². The number of oxazole rings is 1. The molecule has 4 nitrogen and oxygen atoms in total. The number of hydrogen-bond acceptors (Lipinski definition) is 5. The van der Waals surface area contributed by atoms with Gasteiger partial charge < -0.3 is 14.5 Å². The second-order valence-corrected chi connectivity index (χ2v) is 4.89. The fourth-order valence-electron chi connectivity index (χ4n) is 1.62. The van der Waals surface area contributed by atoms with Crippen LogP contribution >= 0.6 is 11.3 Å². The van der Waals surface area contributed by atoms with E-state index in [1.54, 1.807) is 24.6 Å². The quantitative estimate of drug-likeness (QED) is 0.746. The van der Waals surface area contributed by atoms with Crippen molar-refractivity contribution in [1.82, 2.24) is 10.3 Å². The SMILES string of the molecule is COCCNCCCc1ncc(-c2cccs2)o1. The standard InChI is InChI=1S/C13H18N2O2S/c1-16-8-7-14-6-2-5-13-15-10-11(17-13)12-4-3-9-18-12/h3-4,9-10,14H,2,5-8H2,1H3. The lowest BCUT2D eigenvalue weighted by Crippen LogP contribution is -2.20. The van der Waals surface area contributed by atoms with Crippen LogP contribution in [0.25, 0.3) is 10.6 Å². The van der Waals surface area contributed by atoms with Gasteiger partial charge in [0.1, 0.15) is 0 Å². The molecule has 0 spiro atoms. The zero-order valence-electron chi connectivity index (χ0n) is 10.5. The monoisotopic (exact) mass is 266 g/mol. The average Bonchev–Trinajstić information content (AvgIpc) is 3.03. The van der Waals surface area contributed by atoms with Gasteiger partial charge >= 0.3 is 0 Å². The van der Waals surface area contributed by atoms with Gasteiger partial charge in [0, 0.05) is 20.1 Å². The number of nitrogens with one attached hydrogen (secondary N) is 1. The van der Waals surface area contributed by atoms with Crippen LogP contribution in [-0.2, 0) is 11.2 Å². The van der Waals surface area contributed by atoms with Crippen molar-refractivity contribution in [3.05, 3.63) is 29.6 Å². The molecule has 0 radical (unpaired) electrons. The third-order valence-corrected chi connectivity index (χ3v) is 3.43. The Morgan fingerprint density at radius 3 is 3.17 bits per heavy atom. The van der Waals surface area contributed by atoms with Gasteiger partial charge in [0.15, 0.2) is 11.7 Å². The summed E-state index contributed by atoms with van der Waals surface area (Å²) in [6, 6.07) is 4.06. The smallest absolute Gasteiger partial charge is 0.194 e. The molecule has 0 saturated heterocycles. The molecule has 0 aliphatic carbocycles. The molecule has 18 heavy (non-hydrogen) atoms. The normalized spacial score (nSPS) is 10.9. The van der Waals surface area contributed by atoms with Gasteiger partial charge in [0.25, 0.3) is 0 Å². The number of rotatable bonds is 8. The molecule has 0 aliphatic rings. The molecule has 0 aliphatic heterocycles. The maximum atomic E-state index is 5.70. The van der Waals surface area contributed by atoms with Gasteiger partial charge in [-0.3, -0.25) is 0 Å². The summed E-state index contributed by atoms with van der Waals surface area (Å²) < 4.78 is 10.7.